The van der Waals surface area contributed by atoms with Crippen LogP contribution in [0.2, 0.25) is 0 Å². The fraction of sp³-hybridized carbons (Fsp3) is 0.545. The second-order valence-corrected chi connectivity index (χ2v) is 8.26. The number of quaternary nitrogens is 1. The Labute approximate surface area is 146 Å². The first-order valence-electron chi connectivity index (χ1n) is 9.55. The number of rotatable bonds is 4. The Hall–Kier alpha value is -1.54. The van der Waals surface area contributed by atoms with Gasteiger partial charge in [0, 0.05) is 24.2 Å². The summed E-state index contributed by atoms with van der Waals surface area (Å²) in [5.74, 6) is 1.18. The Kier molecular flexibility index (Phi) is 3.84. The van der Waals surface area contributed by atoms with Gasteiger partial charge in [0.1, 0.15) is 5.75 Å². The summed E-state index contributed by atoms with van der Waals surface area (Å²) in [4.78, 5) is 0. The van der Waals surface area contributed by atoms with Crippen molar-refractivity contribution in [3.63, 3.8) is 0 Å². The predicted molar refractivity (Wildman–Crippen MR) is 99.1 cm³/mol. The van der Waals surface area contributed by atoms with Crippen molar-refractivity contribution in [1.82, 2.24) is 0 Å². The number of aromatic hydroxyl groups is 1. The van der Waals surface area contributed by atoms with Crippen LogP contribution in [0.4, 0.5) is 0 Å². The summed E-state index contributed by atoms with van der Waals surface area (Å²) >= 11 is 0. The molecule has 0 radical (unpaired) electrons. The van der Waals surface area contributed by atoms with Crippen molar-refractivity contribution in [3.05, 3.63) is 54.6 Å². The van der Waals surface area contributed by atoms with Gasteiger partial charge >= 0.3 is 0 Å². The van der Waals surface area contributed by atoms with E-state index in [-0.39, 0.29) is 0 Å². The number of hydrogen-bond acceptors (Lipinski definition) is 1. The zero-order chi connectivity index (χ0) is 16.8. The summed E-state index contributed by atoms with van der Waals surface area (Å²) in [7, 11) is 0. The lowest BCUT2D eigenvalue weighted by atomic mass is 9.51. The molecule has 4 rings (SSSR count). The topological polar surface area (TPSA) is 20.2 Å². The van der Waals surface area contributed by atoms with Crippen molar-refractivity contribution in [1.29, 1.82) is 0 Å². The van der Waals surface area contributed by atoms with Gasteiger partial charge in [0.15, 0.2) is 0 Å². The Bertz CT molecular complexity index is 654. The van der Waals surface area contributed by atoms with Crippen LogP contribution in [0.5, 0.6) is 5.75 Å². The molecular formula is C22H30NO+. The molecule has 2 fully saturated rings. The van der Waals surface area contributed by atoms with E-state index in [9.17, 15) is 5.11 Å². The first-order chi connectivity index (χ1) is 11.6. The third-order valence-electron chi connectivity index (χ3n) is 7.31. The van der Waals surface area contributed by atoms with Gasteiger partial charge in [-0.05, 0) is 48.3 Å². The van der Waals surface area contributed by atoms with Gasteiger partial charge in [-0.3, -0.25) is 0 Å². The number of piperidine rings is 1. The van der Waals surface area contributed by atoms with Crippen LogP contribution in [0.25, 0.3) is 0 Å². The molecule has 2 aliphatic carbocycles. The lowest BCUT2D eigenvalue weighted by Crippen LogP contribution is -2.70. The minimum Gasteiger partial charge on any atom is -0.508 e. The second kappa shape index (κ2) is 5.77. The van der Waals surface area contributed by atoms with Gasteiger partial charge in [0.2, 0.25) is 0 Å². The van der Waals surface area contributed by atoms with Gasteiger partial charge in [0.25, 0.3) is 0 Å². The molecule has 1 heterocycles. The van der Waals surface area contributed by atoms with Crippen molar-refractivity contribution in [2.45, 2.75) is 50.0 Å². The average molecular weight is 324 g/mol. The molecule has 128 valence electrons. The molecule has 1 saturated carbocycles. The number of hydrogen-bond donors (Lipinski definition) is 1. The number of phenols is 1. The van der Waals surface area contributed by atoms with E-state index in [0.717, 1.165) is 29.9 Å². The van der Waals surface area contributed by atoms with Crippen LogP contribution in [-0.2, 0) is 11.8 Å². The third-order valence-corrected chi connectivity index (χ3v) is 7.31. The molecule has 1 aliphatic heterocycles. The Balaban J connectivity index is 1.86. The van der Waals surface area contributed by atoms with Gasteiger partial charge in [-0.25, -0.2) is 0 Å². The smallest absolute Gasteiger partial charge is 0.115 e. The molecule has 3 aliphatic rings. The lowest BCUT2D eigenvalue weighted by Gasteiger charge is -2.62. The summed E-state index contributed by atoms with van der Waals surface area (Å²) in [6.07, 6.45) is 12.0. The molecule has 2 heteroatoms. The molecule has 0 spiro atoms. The second-order valence-electron chi connectivity index (χ2n) is 8.26. The van der Waals surface area contributed by atoms with E-state index >= 15 is 0 Å². The fourth-order valence-electron chi connectivity index (χ4n) is 6.39. The molecule has 1 N–H and O–H groups in total. The molecule has 1 saturated heterocycles. The van der Waals surface area contributed by atoms with Crippen molar-refractivity contribution < 1.29 is 9.59 Å². The SMILES string of the molecule is C=CC[N+]1(CC=C)CCC23CCCC[C@H]2[C@H]1Cc1ccc(O)cc13. The lowest BCUT2D eigenvalue weighted by molar-refractivity contribution is -0.952. The first-order valence-corrected chi connectivity index (χ1v) is 9.55. The largest absolute Gasteiger partial charge is 0.508 e. The number of benzene rings is 1. The van der Waals surface area contributed by atoms with E-state index < -0.39 is 0 Å². The summed E-state index contributed by atoms with van der Waals surface area (Å²) < 4.78 is 1.14. The third kappa shape index (κ3) is 2.12. The number of phenolic OH excluding ortho intramolecular Hbond substituents is 1. The van der Waals surface area contributed by atoms with Gasteiger partial charge in [-0.15, -0.1) is 0 Å². The highest BCUT2D eigenvalue weighted by Crippen LogP contribution is 2.57. The van der Waals surface area contributed by atoms with Gasteiger partial charge in [-0.1, -0.05) is 32.1 Å². The predicted octanol–water partition coefficient (Wildman–Crippen LogP) is 4.34. The van der Waals surface area contributed by atoms with Crippen LogP contribution in [0.1, 0.15) is 43.2 Å². The van der Waals surface area contributed by atoms with Crippen LogP contribution >= 0.6 is 0 Å². The minimum atomic E-state index is 0.305. The molecule has 1 unspecified atom stereocenters. The maximum absolute atomic E-state index is 10.1. The summed E-state index contributed by atoms with van der Waals surface area (Å²) in [6, 6.07) is 6.83. The van der Waals surface area contributed by atoms with Crippen LogP contribution in [0, 0.1) is 5.92 Å². The van der Waals surface area contributed by atoms with Crippen LogP contribution < -0.4 is 0 Å². The van der Waals surface area contributed by atoms with Crippen molar-refractivity contribution in [2.24, 2.45) is 5.92 Å². The Morgan fingerprint density at radius 1 is 1.17 bits per heavy atom. The standard InChI is InChI=1S/C22H29NO/c1-3-12-23(13-4-2)14-11-22-10-6-5-7-19(22)21(23)15-17-8-9-18(24)16-20(17)22/h3-4,8-9,16,19,21H,1-2,5-7,10-15H2/p+1/t19-,21+,22?/m0/s1. The zero-order valence-corrected chi connectivity index (χ0v) is 14.7. The van der Waals surface area contributed by atoms with Crippen molar-refractivity contribution >= 4 is 0 Å². The molecule has 2 bridgehead atoms. The minimum absolute atomic E-state index is 0.305. The van der Waals surface area contributed by atoms with Crippen molar-refractivity contribution in [3.8, 4) is 5.75 Å². The van der Waals surface area contributed by atoms with E-state index in [1.165, 1.54) is 49.8 Å². The first kappa shape index (κ1) is 16.0. The monoisotopic (exact) mass is 324 g/mol. The molecule has 1 aromatic rings. The van der Waals surface area contributed by atoms with Gasteiger partial charge in [-0.2, -0.15) is 0 Å². The molecule has 3 atom stereocenters. The normalized spacial score (nSPS) is 33.2. The number of fused-ring (bicyclic) bond motifs is 1. The molecule has 24 heavy (non-hydrogen) atoms. The summed E-state index contributed by atoms with van der Waals surface area (Å²) in [5.41, 5.74) is 3.25. The van der Waals surface area contributed by atoms with E-state index in [1.54, 1.807) is 0 Å². The number of nitrogens with zero attached hydrogens (tertiary/aromatic N) is 1. The van der Waals surface area contributed by atoms with E-state index in [1.807, 2.05) is 6.07 Å². The molecule has 1 aromatic carbocycles. The zero-order valence-electron chi connectivity index (χ0n) is 14.7. The number of likely N-dealkylation sites (tertiary alicyclic amines) is 1. The van der Waals surface area contributed by atoms with Gasteiger partial charge in [0.05, 0.1) is 25.7 Å². The van der Waals surface area contributed by atoms with Gasteiger partial charge < -0.3 is 9.59 Å². The Morgan fingerprint density at radius 3 is 2.71 bits per heavy atom. The summed E-state index contributed by atoms with van der Waals surface area (Å²) in [6.45, 7) is 11.4. The maximum atomic E-state index is 10.1. The maximum Gasteiger partial charge on any atom is 0.115 e. The molecule has 2 nitrogen and oxygen atoms in total. The van der Waals surface area contributed by atoms with Crippen LogP contribution in [-0.4, -0.2) is 35.3 Å². The fourth-order valence-corrected chi connectivity index (χ4v) is 6.39. The van der Waals surface area contributed by atoms with Crippen LogP contribution in [0.3, 0.4) is 0 Å². The highest BCUT2D eigenvalue weighted by molar-refractivity contribution is 5.44. The molecule has 0 aromatic heterocycles. The highest BCUT2D eigenvalue weighted by Gasteiger charge is 2.59. The highest BCUT2D eigenvalue weighted by atomic mass is 16.3. The molecule has 0 amide bonds. The quantitative estimate of drug-likeness (QED) is 0.645. The average Bonchev–Trinajstić information content (AvgIpc) is 2.59. The van der Waals surface area contributed by atoms with Crippen LogP contribution in [0.15, 0.2) is 43.5 Å². The summed E-state index contributed by atoms with van der Waals surface area (Å²) in [5, 5.41) is 10.1. The Morgan fingerprint density at radius 2 is 1.96 bits per heavy atom. The molecular weight excluding hydrogens is 294 g/mol. The van der Waals surface area contributed by atoms with E-state index in [4.69, 9.17) is 0 Å². The van der Waals surface area contributed by atoms with E-state index in [0.29, 0.717) is 17.2 Å². The van der Waals surface area contributed by atoms with Crippen molar-refractivity contribution in [2.75, 3.05) is 19.6 Å². The van der Waals surface area contributed by atoms with E-state index in [2.05, 4.69) is 37.4 Å².